The second kappa shape index (κ2) is 5.16. The van der Waals surface area contributed by atoms with Crippen LogP contribution >= 0.6 is 22.7 Å². The average molecular weight is 315 g/mol. The Morgan fingerprint density at radius 3 is 2.95 bits per heavy atom. The fraction of sp³-hybridized carbons (Fsp3) is 0.188. The summed E-state index contributed by atoms with van der Waals surface area (Å²) >= 11 is 3.49. The van der Waals surface area contributed by atoms with Crippen LogP contribution in [0.1, 0.15) is 31.7 Å². The Labute approximate surface area is 130 Å². The van der Waals surface area contributed by atoms with Crippen LogP contribution in [0.5, 0.6) is 0 Å². The predicted octanol–water partition coefficient (Wildman–Crippen LogP) is 4.19. The zero-order valence-corrected chi connectivity index (χ0v) is 12.8. The molecule has 0 radical (unpaired) electrons. The van der Waals surface area contributed by atoms with E-state index in [2.05, 4.69) is 22.9 Å². The number of nitrogens with zero attached hydrogens (tertiary/aromatic N) is 1. The van der Waals surface area contributed by atoms with E-state index in [9.17, 15) is 4.79 Å². The summed E-state index contributed by atoms with van der Waals surface area (Å²) in [6.45, 7) is 0.750. The first-order chi connectivity index (χ1) is 10.3. The molecule has 0 saturated carbocycles. The molecule has 3 aromatic rings. The molecule has 0 fully saturated rings. The normalized spacial score (nSPS) is 17.7. The van der Waals surface area contributed by atoms with Gasteiger partial charge in [0.05, 0.1) is 17.9 Å². The van der Waals surface area contributed by atoms with Gasteiger partial charge in [0.25, 0.3) is 5.91 Å². The Morgan fingerprint density at radius 2 is 2.19 bits per heavy atom. The lowest BCUT2D eigenvalue weighted by molar-refractivity contribution is 0.0698. The molecule has 0 bridgehead atoms. The molecule has 106 valence electrons. The molecule has 4 rings (SSSR count). The van der Waals surface area contributed by atoms with Gasteiger partial charge in [-0.2, -0.15) is 0 Å². The van der Waals surface area contributed by atoms with E-state index in [0.717, 1.165) is 13.0 Å². The van der Waals surface area contributed by atoms with Gasteiger partial charge in [-0.3, -0.25) is 4.79 Å². The zero-order valence-electron chi connectivity index (χ0n) is 11.2. The van der Waals surface area contributed by atoms with Gasteiger partial charge < -0.3 is 9.32 Å². The van der Waals surface area contributed by atoms with Crippen molar-refractivity contribution in [2.24, 2.45) is 0 Å². The average Bonchev–Trinajstić information content (AvgIpc) is 3.25. The number of carbonyl (C=O) groups is 1. The third-order valence-corrected chi connectivity index (χ3v) is 5.73. The van der Waals surface area contributed by atoms with Gasteiger partial charge >= 0.3 is 0 Å². The molecule has 1 aliphatic heterocycles. The maximum absolute atomic E-state index is 12.8. The molecule has 3 nitrogen and oxygen atoms in total. The highest BCUT2D eigenvalue weighted by Gasteiger charge is 2.34. The molecular formula is C16H13NO2S2. The summed E-state index contributed by atoms with van der Waals surface area (Å²) in [6.07, 6.45) is 4.00. The van der Waals surface area contributed by atoms with Crippen molar-refractivity contribution in [2.75, 3.05) is 6.54 Å². The Hall–Kier alpha value is -1.85. The Bertz CT molecular complexity index is 743. The van der Waals surface area contributed by atoms with Crippen molar-refractivity contribution in [3.63, 3.8) is 0 Å². The summed E-state index contributed by atoms with van der Waals surface area (Å²) in [6, 6.07) is 8.07. The summed E-state index contributed by atoms with van der Waals surface area (Å²) in [5.74, 6) is 0.0407. The SMILES string of the molecule is O=C(c1ccoc1)N1CCc2sccc2[C@@H]1c1cccs1. The summed E-state index contributed by atoms with van der Waals surface area (Å²) < 4.78 is 5.06. The number of fused-ring (bicyclic) bond motifs is 1. The number of amides is 1. The maximum Gasteiger partial charge on any atom is 0.257 e. The maximum atomic E-state index is 12.8. The molecule has 0 unspecified atom stereocenters. The van der Waals surface area contributed by atoms with Crippen LogP contribution in [0.15, 0.2) is 52.0 Å². The molecule has 21 heavy (non-hydrogen) atoms. The summed E-state index contributed by atoms with van der Waals surface area (Å²) in [5, 5.41) is 4.19. The number of carbonyl (C=O) groups excluding carboxylic acids is 1. The summed E-state index contributed by atoms with van der Waals surface area (Å²) in [7, 11) is 0. The lowest BCUT2D eigenvalue weighted by atomic mass is 9.98. The molecule has 3 aromatic heterocycles. The Morgan fingerprint density at radius 1 is 1.24 bits per heavy atom. The second-order valence-corrected chi connectivity index (χ2v) is 6.96. The van der Waals surface area contributed by atoms with Crippen molar-refractivity contribution in [3.8, 4) is 0 Å². The molecule has 1 atom stereocenters. The molecule has 0 saturated heterocycles. The quantitative estimate of drug-likeness (QED) is 0.710. The Kier molecular flexibility index (Phi) is 3.16. The van der Waals surface area contributed by atoms with E-state index in [-0.39, 0.29) is 11.9 Å². The summed E-state index contributed by atoms with van der Waals surface area (Å²) in [4.78, 5) is 17.3. The Balaban J connectivity index is 1.78. The van der Waals surface area contributed by atoms with Crippen LogP contribution in [0.3, 0.4) is 0 Å². The zero-order chi connectivity index (χ0) is 14.2. The number of rotatable bonds is 2. The molecule has 0 spiro atoms. The van der Waals surface area contributed by atoms with Gasteiger partial charge in [0.2, 0.25) is 0 Å². The minimum Gasteiger partial charge on any atom is -0.472 e. The largest absolute Gasteiger partial charge is 0.472 e. The van der Waals surface area contributed by atoms with Crippen molar-refractivity contribution in [3.05, 3.63) is 68.4 Å². The van der Waals surface area contributed by atoms with Gasteiger partial charge in [-0.15, -0.1) is 22.7 Å². The van der Waals surface area contributed by atoms with E-state index >= 15 is 0 Å². The van der Waals surface area contributed by atoms with Crippen LogP contribution < -0.4 is 0 Å². The number of hydrogen-bond donors (Lipinski definition) is 0. The summed E-state index contributed by atoms with van der Waals surface area (Å²) in [5.41, 5.74) is 1.89. The van der Waals surface area contributed by atoms with Crippen molar-refractivity contribution < 1.29 is 9.21 Å². The van der Waals surface area contributed by atoms with Crippen molar-refractivity contribution in [1.29, 1.82) is 0 Å². The molecule has 0 aromatic carbocycles. The van der Waals surface area contributed by atoms with Gasteiger partial charge in [-0.1, -0.05) is 6.07 Å². The van der Waals surface area contributed by atoms with Crippen LogP contribution in [0.4, 0.5) is 0 Å². The number of furan rings is 1. The van der Waals surface area contributed by atoms with Crippen molar-refractivity contribution in [1.82, 2.24) is 4.90 Å². The van der Waals surface area contributed by atoms with E-state index < -0.39 is 0 Å². The van der Waals surface area contributed by atoms with E-state index in [0.29, 0.717) is 5.56 Å². The van der Waals surface area contributed by atoms with Crippen LogP contribution in [0, 0.1) is 0 Å². The van der Waals surface area contributed by atoms with Gasteiger partial charge in [0.1, 0.15) is 6.26 Å². The lowest BCUT2D eigenvalue weighted by Crippen LogP contribution is -2.39. The molecule has 4 heterocycles. The highest BCUT2D eigenvalue weighted by molar-refractivity contribution is 7.10. The standard InChI is InChI=1S/C16H13NO2S2/c18-16(11-4-7-19-10-11)17-6-3-13-12(5-9-21-13)15(17)14-2-1-8-20-14/h1-2,4-5,7-10,15H,3,6H2/t15-/m1/s1. The van der Waals surface area contributed by atoms with Gasteiger partial charge in [0.15, 0.2) is 0 Å². The predicted molar refractivity (Wildman–Crippen MR) is 83.9 cm³/mol. The molecule has 5 heteroatoms. The van der Waals surface area contributed by atoms with Crippen molar-refractivity contribution in [2.45, 2.75) is 12.5 Å². The minimum absolute atomic E-state index is 0.0300. The fourth-order valence-electron chi connectivity index (χ4n) is 2.84. The van der Waals surface area contributed by atoms with Crippen LogP contribution in [-0.4, -0.2) is 17.4 Å². The van der Waals surface area contributed by atoms with Gasteiger partial charge in [-0.25, -0.2) is 0 Å². The van der Waals surface area contributed by atoms with Gasteiger partial charge in [0, 0.05) is 16.3 Å². The van der Waals surface area contributed by atoms with E-state index in [4.69, 9.17) is 4.42 Å². The van der Waals surface area contributed by atoms with E-state index in [1.807, 2.05) is 11.0 Å². The number of thiophene rings is 2. The first-order valence-corrected chi connectivity index (χ1v) is 8.53. The molecule has 1 amide bonds. The van der Waals surface area contributed by atoms with Crippen LogP contribution in [0.25, 0.3) is 0 Å². The second-order valence-electron chi connectivity index (χ2n) is 4.98. The smallest absolute Gasteiger partial charge is 0.257 e. The lowest BCUT2D eigenvalue weighted by Gasteiger charge is -2.35. The van der Waals surface area contributed by atoms with Crippen LogP contribution in [0.2, 0.25) is 0 Å². The fourth-order valence-corrected chi connectivity index (χ4v) is 4.60. The first-order valence-electron chi connectivity index (χ1n) is 6.77. The van der Waals surface area contributed by atoms with E-state index in [1.165, 1.54) is 21.6 Å². The molecule has 0 aliphatic carbocycles. The molecule has 1 aliphatic rings. The topological polar surface area (TPSA) is 33.5 Å². The van der Waals surface area contributed by atoms with Gasteiger partial charge in [-0.05, 0) is 40.9 Å². The third kappa shape index (κ3) is 2.13. The number of hydrogen-bond acceptors (Lipinski definition) is 4. The first kappa shape index (κ1) is 12.9. The minimum atomic E-state index is 0.0300. The van der Waals surface area contributed by atoms with Crippen molar-refractivity contribution >= 4 is 28.6 Å². The molecular weight excluding hydrogens is 302 g/mol. The van der Waals surface area contributed by atoms with Crippen LogP contribution in [-0.2, 0) is 6.42 Å². The monoisotopic (exact) mass is 315 g/mol. The molecule has 0 N–H and O–H groups in total. The van der Waals surface area contributed by atoms with E-state index in [1.54, 1.807) is 35.0 Å². The third-order valence-electron chi connectivity index (χ3n) is 3.81. The highest BCUT2D eigenvalue weighted by Crippen LogP contribution is 2.40. The highest BCUT2D eigenvalue weighted by atomic mass is 32.1.